The minimum atomic E-state index is 0.621. The molecule has 0 radical (unpaired) electrons. The lowest BCUT2D eigenvalue weighted by atomic mass is 9.77. The summed E-state index contributed by atoms with van der Waals surface area (Å²) in [4.78, 5) is 0. The molecule has 0 atom stereocenters. The number of hydrogen-bond donors (Lipinski definition) is 0. The van der Waals surface area contributed by atoms with E-state index in [2.05, 4.69) is 87.7 Å². The molecule has 3 heteroatoms. The summed E-state index contributed by atoms with van der Waals surface area (Å²) in [5.41, 5.74) is 10.4. The predicted octanol–water partition coefficient (Wildman–Crippen LogP) is 8.53. The Hall–Kier alpha value is -3.33. The molecule has 0 unspecified atom stereocenters. The second-order valence-corrected chi connectivity index (χ2v) is 12.1. The average Bonchev–Trinajstić information content (AvgIpc) is 3.64. The molecule has 8 rings (SSSR count). The summed E-state index contributed by atoms with van der Waals surface area (Å²) >= 11 is 0. The zero-order valence-electron chi connectivity index (χ0n) is 22.6. The highest BCUT2D eigenvalue weighted by Gasteiger charge is 2.36. The van der Waals surface area contributed by atoms with Gasteiger partial charge in [0.15, 0.2) is 0 Å². The first kappa shape index (κ1) is 22.6. The summed E-state index contributed by atoms with van der Waals surface area (Å²) in [6.07, 6.45) is 18.2. The van der Waals surface area contributed by atoms with Gasteiger partial charge in [-0.15, -0.1) is 0 Å². The van der Waals surface area contributed by atoms with Gasteiger partial charge in [0.05, 0.1) is 5.56 Å². The van der Waals surface area contributed by atoms with Crippen molar-refractivity contribution in [2.24, 2.45) is 7.05 Å². The highest BCUT2D eigenvalue weighted by Crippen LogP contribution is 2.48. The van der Waals surface area contributed by atoms with E-state index in [0.717, 1.165) is 6.54 Å². The Bertz CT molecular complexity index is 1670. The van der Waals surface area contributed by atoms with Gasteiger partial charge in [0, 0.05) is 45.5 Å². The summed E-state index contributed by atoms with van der Waals surface area (Å²) in [5.74, 6) is 2.63. The van der Waals surface area contributed by atoms with Crippen molar-refractivity contribution in [3.05, 3.63) is 83.7 Å². The third-order valence-corrected chi connectivity index (χ3v) is 10.0. The number of rotatable bonds is 3. The molecule has 3 nitrogen and oxygen atoms in total. The first-order valence-electron chi connectivity index (χ1n) is 15.0. The maximum atomic E-state index is 2.63. The van der Waals surface area contributed by atoms with Gasteiger partial charge < -0.3 is 4.57 Å². The van der Waals surface area contributed by atoms with Crippen LogP contribution < -0.4 is 4.57 Å². The molecule has 3 aromatic carbocycles. The number of para-hydroxylation sites is 1. The van der Waals surface area contributed by atoms with E-state index in [1.54, 1.807) is 11.1 Å². The van der Waals surface area contributed by atoms with E-state index in [1.165, 1.54) is 109 Å². The van der Waals surface area contributed by atoms with E-state index in [9.17, 15) is 0 Å². The van der Waals surface area contributed by atoms with Gasteiger partial charge in [0.2, 0.25) is 0 Å². The highest BCUT2D eigenvalue weighted by molar-refractivity contribution is 6.11. The van der Waals surface area contributed by atoms with Crippen LogP contribution in [0.25, 0.3) is 38.9 Å². The Morgan fingerprint density at radius 1 is 0.763 bits per heavy atom. The molecule has 0 bridgehead atoms. The van der Waals surface area contributed by atoms with Crippen LogP contribution in [0.2, 0.25) is 0 Å². The number of benzene rings is 3. The lowest BCUT2D eigenvalue weighted by molar-refractivity contribution is -0.671. The molecule has 0 amide bonds. The highest BCUT2D eigenvalue weighted by atomic mass is 15.2. The Balaban J connectivity index is 1.51. The van der Waals surface area contributed by atoms with Gasteiger partial charge >= 0.3 is 0 Å². The van der Waals surface area contributed by atoms with E-state index in [0.29, 0.717) is 11.8 Å². The second kappa shape index (κ2) is 8.86. The average molecular weight is 501 g/mol. The summed E-state index contributed by atoms with van der Waals surface area (Å²) in [5, 5.41) is 2.95. The molecular weight excluding hydrogens is 462 g/mol. The van der Waals surface area contributed by atoms with Crippen molar-refractivity contribution in [3.63, 3.8) is 0 Å². The Kier molecular flexibility index (Phi) is 5.28. The van der Waals surface area contributed by atoms with Crippen LogP contribution in [-0.4, -0.2) is 9.13 Å². The molecule has 2 saturated carbocycles. The molecule has 2 fully saturated rings. The number of aromatic nitrogens is 3. The van der Waals surface area contributed by atoms with E-state index < -0.39 is 0 Å². The van der Waals surface area contributed by atoms with Crippen molar-refractivity contribution in [2.75, 3.05) is 0 Å². The molecule has 1 aliphatic heterocycles. The molecule has 2 aliphatic carbocycles. The van der Waals surface area contributed by atoms with E-state index in [1.807, 2.05) is 0 Å². The fourth-order valence-electron chi connectivity index (χ4n) is 8.22. The number of aryl methyl sites for hydroxylation is 1. The summed E-state index contributed by atoms with van der Waals surface area (Å²) in [6, 6.07) is 20.8. The monoisotopic (exact) mass is 500 g/mol. The number of fused-ring (bicyclic) bond motifs is 6. The first-order valence-corrected chi connectivity index (χ1v) is 15.0. The number of nitrogens with zero attached hydrogens (tertiary/aromatic N) is 3. The molecule has 3 aliphatic rings. The van der Waals surface area contributed by atoms with Gasteiger partial charge in [0.25, 0.3) is 5.82 Å². The maximum absolute atomic E-state index is 2.63. The number of hydrogen-bond acceptors (Lipinski definition) is 0. The van der Waals surface area contributed by atoms with Crippen LogP contribution in [0.15, 0.2) is 67.0 Å². The van der Waals surface area contributed by atoms with Gasteiger partial charge in [-0.3, -0.25) is 0 Å². The van der Waals surface area contributed by atoms with Crippen molar-refractivity contribution in [3.8, 4) is 17.1 Å². The molecular formula is C35H38N3+. The van der Waals surface area contributed by atoms with Crippen molar-refractivity contribution in [2.45, 2.75) is 82.6 Å². The molecule has 192 valence electrons. The van der Waals surface area contributed by atoms with Gasteiger partial charge in [-0.25, -0.2) is 4.57 Å². The lowest BCUT2D eigenvalue weighted by Crippen LogP contribution is -2.30. The zero-order valence-corrected chi connectivity index (χ0v) is 22.6. The molecule has 3 heterocycles. The van der Waals surface area contributed by atoms with Crippen LogP contribution in [0, 0.1) is 0 Å². The minimum Gasteiger partial charge on any atom is -0.344 e. The summed E-state index contributed by atoms with van der Waals surface area (Å²) in [6.45, 7) is 0.979. The molecule has 0 spiro atoms. The number of imidazole rings is 1. The molecule has 2 aromatic heterocycles. The maximum Gasteiger partial charge on any atom is 0.294 e. The Morgan fingerprint density at radius 2 is 1.47 bits per heavy atom. The molecule has 0 saturated heterocycles. The summed E-state index contributed by atoms with van der Waals surface area (Å²) in [7, 11) is 2.29. The largest absolute Gasteiger partial charge is 0.344 e. The van der Waals surface area contributed by atoms with Crippen LogP contribution in [0.1, 0.15) is 92.7 Å². The smallest absolute Gasteiger partial charge is 0.294 e. The lowest BCUT2D eigenvalue weighted by Gasteiger charge is -2.29. The van der Waals surface area contributed by atoms with Crippen LogP contribution in [0.4, 0.5) is 0 Å². The molecule has 0 N–H and O–H groups in total. The van der Waals surface area contributed by atoms with Gasteiger partial charge in [-0.2, -0.15) is 4.57 Å². The predicted molar refractivity (Wildman–Crippen MR) is 156 cm³/mol. The van der Waals surface area contributed by atoms with Crippen LogP contribution >= 0.6 is 0 Å². The van der Waals surface area contributed by atoms with E-state index >= 15 is 0 Å². The van der Waals surface area contributed by atoms with Crippen molar-refractivity contribution in [1.29, 1.82) is 0 Å². The minimum absolute atomic E-state index is 0.621. The van der Waals surface area contributed by atoms with Gasteiger partial charge in [-0.1, -0.05) is 74.9 Å². The van der Waals surface area contributed by atoms with E-state index in [4.69, 9.17) is 0 Å². The van der Waals surface area contributed by atoms with Crippen LogP contribution in [0.3, 0.4) is 0 Å². The standard InChI is InChI=1S/C35H38N3/c1-36-30-19-11-10-18-28(30)33-31(36)22-29(24-12-4-2-5-13-24)34(32(33)25-14-6-3-7-15-25)38-21-20-37-23-26-16-8-9-17-27(26)35(37)38/h8-11,16-22,24-25H,2-7,12-15,23H2,1H3/q+1. The quantitative estimate of drug-likeness (QED) is 0.216. The fraction of sp³-hybridized carbons (Fsp3) is 0.400. The molecule has 5 aromatic rings. The third-order valence-electron chi connectivity index (χ3n) is 10.0. The SMILES string of the molecule is Cn1c2ccccc2c2c(C3CCCCC3)c(-n3cc[n+]4c3-c3ccccc3C4)c(C3CCCCC3)cc21. The summed E-state index contributed by atoms with van der Waals surface area (Å²) < 4.78 is 7.59. The molecule has 38 heavy (non-hydrogen) atoms. The van der Waals surface area contributed by atoms with Gasteiger partial charge in [0.1, 0.15) is 24.6 Å². The van der Waals surface area contributed by atoms with Crippen molar-refractivity contribution >= 4 is 21.8 Å². The van der Waals surface area contributed by atoms with E-state index in [-0.39, 0.29) is 0 Å². The van der Waals surface area contributed by atoms with Gasteiger partial charge in [-0.05, 0) is 55.7 Å². The fourth-order valence-corrected chi connectivity index (χ4v) is 8.22. The van der Waals surface area contributed by atoms with Crippen LogP contribution in [-0.2, 0) is 13.6 Å². The Morgan fingerprint density at radius 3 is 2.29 bits per heavy atom. The Labute approximate surface area is 225 Å². The normalized spacial score (nSPS) is 18.3. The van der Waals surface area contributed by atoms with Crippen molar-refractivity contribution in [1.82, 2.24) is 9.13 Å². The third kappa shape index (κ3) is 3.30. The second-order valence-electron chi connectivity index (χ2n) is 12.1. The topological polar surface area (TPSA) is 13.7 Å². The zero-order chi connectivity index (χ0) is 25.2. The first-order chi connectivity index (χ1) is 18.8. The van der Waals surface area contributed by atoms with Crippen molar-refractivity contribution < 1.29 is 4.57 Å². The van der Waals surface area contributed by atoms with Crippen LogP contribution in [0.5, 0.6) is 0 Å².